The van der Waals surface area contributed by atoms with Crippen LogP contribution < -0.4 is 22.1 Å². The highest BCUT2D eigenvalue weighted by Gasteiger charge is 2.40. The van der Waals surface area contributed by atoms with E-state index in [1.165, 1.54) is 6.42 Å². The van der Waals surface area contributed by atoms with Gasteiger partial charge in [-0.05, 0) is 141 Å². The van der Waals surface area contributed by atoms with Gasteiger partial charge in [0.2, 0.25) is 23.6 Å². The third kappa shape index (κ3) is 10.9. The Kier molecular flexibility index (Phi) is 15.5. The molecule has 4 N–H and O–H groups in total. The largest absolute Gasteiger partial charge is 0.360 e. The number of likely N-dealkylation sites (tertiary alicyclic amines) is 3. The van der Waals surface area contributed by atoms with Gasteiger partial charge in [0.15, 0.2) is 5.65 Å². The van der Waals surface area contributed by atoms with E-state index in [2.05, 4.69) is 46.5 Å². The minimum Gasteiger partial charge on any atom is -0.360 e. The van der Waals surface area contributed by atoms with Crippen LogP contribution in [0.2, 0.25) is 10.0 Å². The highest BCUT2D eigenvalue weighted by atomic mass is 35.5. The number of nitrogens with zero attached hydrogens (tertiary/aromatic N) is 9. The normalized spacial score (nSPS) is 21.2. The lowest BCUT2D eigenvalue weighted by Crippen LogP contribution is -2.44. The van der Waals surface area contributed by atoms with E-state index in [9.17, 15) is 28.8 Å². The molecule has 2 aromatic carbocycles. The third-order valence-corrected chi connectivity index (χ3v) is 20.0. The summed E-state index contributed by atoms with van der Waals surface area (Å²) in [6.45, 7) is 12.8. The number of hydrogen-bond donors (Lipinski definition) is 4. The molecule has 3 fully saturated rings. The van der Waals surface area contributed by atoms with E-state index in [4.69, 9.17) is 39.8 Å². The van der Waals surface area contributed by atoms with Crippen LogP contribution in [0.15, 0.2) is 64.4 Å². The summed E-state index contributed by atoms with van der Waals surface area (Å²) >= 11 is 20.3. The maximum atomic E-state index is 14.9. The Morgan fingerprint density at radius 1 is 0.729 bits per heavy atom. The number of rotatable bonds is 11. The predicted octanol–water partition coefficient (Wildman–Crippen LogP) is 8.91. The van der Waals surface area contributed by atoms with Gasteiger partial charge >= 0.3 is 5.69 Å². The molecule has 0 aliphatic carbocycles. The maximum Gasteiger partial charge on any atom is 0.327 e. The van der Waals surface area contributed by atoms with Gasteiger partial charge in [-0.3, -0.25) is 38.1 Å². The van der Waals surface area contributed by atoms with Crippen LogP contribution in [0.1, 0.15) is 129 Å². The molecule has 7 aromatic rings. The first-order valence-corrected chi connectivity index (χ1v) is 31.5. The number of halogens is 3. The van der Waals surface area contributed by atoms with Crippen LogP contribution in [0.25, 0.3) is 38.9 Å². The van der Waals surface area contributed by atoms with Gasteiger partial charge in [-0.1, -0.05) is 62.0 Å². The number of H-pyrrole nitrogens is 2. The summed E-state index contributed by atoms with van der Waals surface area (Å²) in [6, 6.07) is 13.1. The Bertz CT molecular complexity index is 3930. The molecule has 11 heterocycles. The molecule has 6 aliphatic heterocycles. The summed E-state index contributed by atoms with van der Waals surface area (Å²) < 4.78 is 5.33. The number of benzene rings is 2. The lowest BCUT2D eigenvalue weighted by Gasteiger charge is -2.34. The van der Waals surface area contributed by atoms with Crippen LogP contribution in [-0.2, 0) is 52.2 Å². The minimum absolute atomic E-state index is 0.0250. The number of carbonyl (C=O) groups excluding carboxylic acids is 4. The van der Waals surface area contributed by atoms with Crippen LogP contribution in [-0.4, -0.2) is 136 Å². The van der Waals surface area contributed by atoms with Crippen molar-refractivity contribution in [1.82, 2.24) is 58.6 Å². The van der Waals surface area contributed by atoms with Crippen molar-refractivity contribution in [2.45, 2.75) is 122 Å². The zero-order valence-electron chi connectivity index (χ0n) is 48.7. The molecule has 4 amide bonds. The average Bonchev–Trinajstić information content (AvgIpc) is 2.14. The quantitative estimate of drug-likeness (QED) is 0.0716. The van der Waals surface area contributed by atoms with E-state index in [0.717, 1.165) is 82.4 Å². The molecule has 1 unspecified atom stereocenters. The van der Waals surface area contributed by atoms with Crippen molar-refractivity contribution in [2.75, 3.05) is 64.3 Å². The zero-order chi connectivity index (χ0) is 59.2. The summed E-state index contributed by atoms with van der Waals surface area (Å²) in [7, 11) is 1.94. The minimum atomic E-state index is -0.581. The number of hydrazine groups is 1. The Hall–Kier alpha value is -6.64. The van der Waals surface area contributed by atoms with Crippen molar-refractivity contribution in [1.29, 1.82) is 0 Å². The summed E-state index contributed by atoms with van der Waals surface area (Å²) in [4.78, 5) is 108. The fraction of sp³-hybridized carbons (Fsp3) is 0.508. The van der Waals surface area contributed by atoms with Crippen molar-refractivity contribution in [3.05, 3.63) is 119 Å². The van der Waals surface area contributed by atoms with Gasteiger partial charge in [-0.25, -0.2) is 15.2 Å². The molecule has 85 heavy (non-hydrogen) atoms. The number of nitrogens with one attached hydrogen (secondary N) is 4. The molecule has 6 aliphatic rings. The van der Waals surface area contributed by atoms with Crippen molar-refractivity contribution in [2.24, 2.45) is 24.3 Å². The monoisotopic (exact) mass is 1210 g/mol. The van der Waals surface area contributed by atoms with Gasteiger partial charge in [-0.15, -0.1) is 0 Å². The number of fused-ring (bicyclic) bond motifs is 8. The van der Waals surface area contributed by atoms with Crippen molar-refractivity contribution in [3.63, 3.8) is 0 Å². The van der Waals surface area contributed by atoms with E-state index in [1.807, 2.05) is 80.0 Å². The summed E-state index contributed by atoms with van der Waals surface area (Å²) in [5, 5.41) is 2.11. The second-order valence-electron chi connectivity index (χ2n) is 25.8. The molecule has 13 rings (SSSR count). The fourth-order valence-electron chi connectivity index (χ4n) is 14.7. The highest BCUT2D eigenvalue weighted by molar-refractivity contribution is 6.35. The summed E-state index contributed by atoms with van der Waals surface area (Å²) in [6.07, 6.45) is 10.4. The topological polar surface area (TPSA) is 202 Å². The van der Waals surface area contributed by atoms with Crippen molar-refractivity contribution < 1.29 is 19.2 Å². The first kappa shape index (κ1) is 57.4. The van der Waals surface area contributed by atoms with Gasteiger partial charge in [0.25, 0.3) is 5.56 Å². The van der Waals surface area contributed by atoms with E-state index in [-0.39, 0.29) is 65.1 Å². The Morgan fingerprint density at radius 3 is 2.09 bits per heavy atom. The molecule has 5 aromatic heterocycles. The number of amides is 4. The number of pyridine rings is 2. The lowest BCUT2D eigenvalue weighted by molar-refractivity contribution is -0.142. The molecular weight excluding hydrogens is 1140 g/mol. The molecule has 3 saturated heterocycles. The molecule has 19 nitrogen and oxygen atoms in total. The van der Waals surface area contributed by atoms with E-state index >= 15 is 0 Å². The molecule has 0 radical (unpaired) electrons. The molecule has 0 spiro atoms. The highest BCUT2D eigenvalue weighted by Crippen LogP contribution is 2.44. The summed E-state index contributed by atoms with van der Waals surface area (Å²) in [5.41, 5.74) is 14.5. The Balaban J connectivity index is 0.687. The van der Waals surface area contributed by atoms with Gasteiger partial charge < -0.3 is 39.5 Å². The molecular formula is C63H74Cl3N13O6. The average molecular weight is 1220 g/mol. The zero-order valence-corrected chi connectivity index (χ0v) is 51.0. The third-order valence-electron chi connectivity index (χ3n) is 19.0. The molecule has 0 bridgehead atoms. The van der Waals surface area contributed by atoms with Crippen LogP contribution in [0.4, 0.5) is 5.69 Å². The first-order valence-electron chi connectivity index (χ1n) is 30.3. The second kappa shape index (κ2) is 22.9. The van der Waals surface area contributed by atoms with Gasteiger partial charge in [0, 0.05) is 114 Å². The number of carbonyl (C=O) groups is 4. The van der Waals surface area contributed by atoms with Crippen molar-refractivity contribution >= 4 is 97.2 Å². The molecule has 22 heteroatoms. The predicted molar refractivity (Wildman–Crippen MR) is 330 cm³/mol. The smallest absolute Gasteiger partial charge is 0.327 e. The number of aromatic amines is 2. The molecule has 0 saturated carbocycles. The Labute approximate surface area is 507 Å². The van der Waals surface area contributed by atoms with Gasteiger partial charge in [-0.2, -0.15) is 0 Å². The van der Waals surface area contributed by atoms with Crippen LogP contribution >= 0.6 is 34.8 Å². The number of anilines is 1. The first-order chi connectivity index (χ1) is 40.8. The van der Waals surface area contributed by atoms with Crippen LogP contribution in [0.5, 0.6) is 0 Å². The molecule has 3 atom stereocenters. The maximum absolute atomic E-state index is 14.9. The van der Waals surface area contributed by atoms with E-state index < -0.39 is 17.3 Å². The standard InChI is InChI=1S/C63H74Cl3N13O6/c1-63(2,3)35-77-33-44-37(28-46(64)55-42(44)10-16-67-55)26-40(60(77)83)31-52(80)74-20-11-36(12-21-74)43-32-50-48(15-19-72(50)4)79(61(43)84)51-9-8-49-58(68-51)69-62(85)78(49)41-13-22-75(23-14-41)53(81)30-39-27-38-29-47(65)56-54(57(66)71-70-56)45(38)34-76(59(39)82)25-24-73-17-6-5-7-18-73/h8-10,15-16,19,28-29,32,36,39-41,57,67,70-71H,5-7,11-14,17-18,20-27,30-31,33-35H2,1-4H3,(H,68,69,85)/t39-,40-,57?/m0/s1. The van der Waals surface area contributed by atoms with Gasteiger partial charge in [0.05, 0.1) is 49.6 Å². The van der Waals surface area contributed by atoms with E-state index in [0.29, 0.717) is 129 Å². The number of hydrogen-bond acceptors (Lipinski definition) is 10. The number of aromatic nitrogens is 6. The number of aryl methyl sites for hydroxylation is 1. The van der Waals surface area contributed by atoms with Crippen LogP contribution in [0, 0.1) is 17.3 Å². The van der Waals surface area contributed by atoms with E-state index in [1.54, 1.807) is 15.2 Å². The van der Waals surface area contributed by atoms with Crippen molar-refractivity contribution in [3.8, 4) is 5.82 Å². The number of piperidine rings is 3. The van der Waals surface area contributed by atoms with Crippen LogP contribution in [0.3, 0.4) is 0 Å². The summed E-state index contributed by atoms with van der Waals surface area (Å²) in [5.74, 6) is -1.14. The number of alkyl halides is 1. The SMILES string of the molecule is Cn1ccc2c1cc(C1CCN(C(=O)C[C@@H]3Cc4cc(Cl)c5[nH]ccc5c4CN(CC(C)(C)C)C3=O)CC1)c(=O)n2-c1ccc2c(n1)[nH]c(=O)n2C1CCN(C(=O)C[C@@H]2Cc3cc(Cl)c4c(c3CN(CCN3CCCCC3)C2=O)C(Cl)NN4)CC1. The second-order valence-corrected chi connectivity index (χ2v) is 27.1. The Morgan fingerprint density at radius 2 is 1.39 bits per heavy atom. The lowest BCUT2D eigenvalue weighted by atomic mass is 9.88. The van der Waals surface area contributed by atoms with Gasteiger partial charge in [0.1, 0.15) is 11.3 Å². The fourth-order valence-corrected chi connectivity index (χ4v) is 15.5. The number of imidazole rings is 1. The molecule has 448 valence electrons.